The smallest absolute Gasteiger partial charge is 0.328 e. The van der Waals surface area contributed by atoms with Crippen LogP contribution in [0, 0.1) is 10.1 Å². The van der Waals surface area contributed by atoms with Crippen molar-refractivity contribution in [1.29, 1.82) is 0 Å². The number of hydrogen-bond acceptors (Lipinski definition) is 3. The summed E-state index contributed by atoms with van der Waals surface area (Å²) in [5.41, 5.74) is 0.736. The van der Waals surface area contributed by atoms with Gasteiger partial charge in [0.25, 0.3) is 0 Å². The maximum atomic E-state index is 10.5. The van der Waals surface area contributed by atoms with E-state index < -0.39 is 12.0 Å². The first-order valence-corrected chi connectivity index (χ1v) is 4.33. The van der Waals surface area contributed by atoms with Crippen LogP contribution in [0.25, 0.3) is 0 Å². The number of nitrogens with zero attached hydrogens (tertiary/aromatic N) is 1. The number of carboxylic acid groups (broad SMARTS) is 1. The van der Waals surface area contributed by atoms with Crippen LogP contribution < -0.4 is 0 Å². The molecule has 5 nitrogen and oxygen atoms in total. The minimum absolute atomic E-state index is 0.304. The third kappa shape index (κ3) is 3.01. The van der Waals surface area contributed by atoms with Crippen LogP contribution in [0.1, 0.15) is 19.3 Å². The lowest BCUT2D eigenvalue weighted by Crippen LogP contribution is -2.21. The van der Waals surface area contributed by atoms with E-state index in [2.05, 4.69) is 0 Å². The van der Waals surface area contributed by atoms with Crippen LogP contribution in [0.15, 0.2) is 23.8 Å². The summed E-state index contributed by atoms with van der Waals surface area (Å²) in [5.74, 6) is -1.03. The maximum absolute atomic E-state index is 10.5. The van der Waals surface area contributed by atoms with Gasteiger partial charge in [-0.05, 0) is 12.0 Å². The van der Waals surface area contributed by atoms with Gasteiger partial charge in [0.05, 0.1) is 0 Å². The number of aliphatic carboxylic acids is 1. The maximum Gasteiger partial charge on any atom is 0.328 e. The monoisotopic (exact) mass is 197 g/mol. The summed E-state index contributed by atoms with van der Waals surface area (Å²) in [5, 5.41) is 18.8. The molecule has 0 fully saturated rings. The first kappa shape index (κ1) is 10.4. The summed E-state index contributed by atoms with van der Waals surface area (Å²) in [6.45, 7) is 0. The number of carbonyl (C=O) groups is 1. The molecule has 0 amide bonds. The minimum Gasteiger partial charge on any atom is -0.478 e. The predicted molar refractivity (Wildman–Crippen MR) is 49.5 cm³/mol. The highest BCUT2D eigenvalue weighted by Crippen LogP contribution is 2.21. The Morgan fingerprint density at radius 1 is 1.71 bits per heavy atom. The number of carboxylic acids is 1. The molecule has 5 heteroatoms. The molecule has 1 atom stereocenters. The Bertz CT molecular complexity index is 306. The van der Waals surface area contributed by atoms with E-state index in [1.165, 1.54) is 6.08 Å². The van der Waals surface area contributed by atoms with Crippen molar-refractivity contribution in [3.8, 4) is 0 Å². The van der Waals surface area contributed by atoms with Gasteiger partial charge in [-0.25, -0.2) is 4.79 Å². The van der Waals surface area contributed by atoms with Gasteiger partial charge in [0, 0.05) is 23.8 Å². The average molecular weight is 197 g/mol. The zero-order valence-electron chi connectivity index (χ0n) is 7.55. The largest absolute Gasteiger partial charge is 0.478 e. The van der Waals surface area contributed by atoms with Crippen molar-refractivity contribution in [2.75, 3.05) is 0 Å². The summed E-state index contributed by atoms with van der Waals surface area (Å²) in [6, 6.07) is -0.562. The predicted octanol–water partition coefficient (Wildman–Crippen LogP) is 1.38. The lowest BCUT2D eigenvalue weighted by molar-refractivity contribution is -0.523. The summed E-state index contributed by atoms with van der Waals surface area (Å²) in [7, 11) is 0. The first-order chi connectivity index (χ1) is 6.59. The lowest BCUT2D eigenvalue weighted by Gasteiger charge is -2.13. The van der Waals surface area contributed by atoms with Crippen LogP contribution in [0.3, 0.4) is 0 Å². The van der Waals surface area contributed by atoms with E-state index in [-0.39, 0.29) is 4.92 Å². The second kappa shape index (κ2) is 4.55. The highest BCUT2D eigenvalue weighted by molar-refractivity contribution is 5.80. The molecule has 0 spiro atoms. The fourth-order valence-corrected chi connectivity index (χ4v) is 1.41. The SMILES string of the molecule is O=C(O)/C=C\C1=CCC[C@@H]([N+](=O)[O-])C1. The molecular formula is C9H11NO4. The summed E-state index contributed by atoms with van der Waals surface area (Å²) >= 11 is 0. The fourth-order valence-electron chi connectivity index (χ4n) is 1.41. The Morgan fingerprint density at radius 2 is 2.43 bits per heavy atom. The first-order valence-electron chi connectivity index (χ1n) is 4.33. The molecule has 0 bridgehead atoms. The van der Waals surface area contributed by atoms with E-state index in [4.69, 9.17) is 5.11 Å². The van der Waals surface area contributed by atoms with Crippen molar-refractivity contribution in [3.05, 3.63) is 33.9 Å². The van der Waals surface area contributed by atoms with Crippen molar-refractivity contribution >= 4 is 5.97 Å². The molecule has 1 rings (SSSR count). The molecule has 0 saturated heterocycles. The quantitative estimate of drug-likeness (QED) is 0.421. The van der Waals surface area contributed by atoms with E-state index in [0.717, 1.165) is 11.6 Å². The molecule has 0 aromatic heterocycles. The van der Waals surface area contributed by atoms with Crippen LogP contribution in [0.5, 0.6) is 0 Å². The van der Waals surface area contributed by atoms with E-state index in [1.54, 1.807) is 0 Å². The van der Waals surface area contributed by atoms with E-state index >= 15 is 0 Å². The summed E-state index contributed by atoms with van der Waals surface area (Å²) in [4.78, 5) is 20.4. The van der Waals surface area contributed by atoms with Crippen molar-refractivity contribution in [2.24, 2.45) is 0 Å². The average Bonchev–Trinajstić information content (AvgIpc) is 2.15. The van der Waals surface area contributed by atoms with Gasteiger partial charge in [0.15, 0.2) is 0 Å². The third-order valence-corrected chi connectivity index (χ3v) is 2.12. The molecule has 0 aliphatic heterocycles. The molecule has 0 radical (unpaired) electrons. The van der Waals surface area contributed by atoms with Gasteiger partial charge in [-0.3, -0.25) is 10.1 Å². The molecular weight excluding hydrogens is 186 g/mol. The van der Waals surface area contributed by atoms with Gasteiger partial charge >= 0.3 is 5.97 Å². The third-order valence-electron chi connectivity index (χ3n) is 2.12. The summed E-state index contributed by atoms with van der Waals surface area (Å²) < 4.78 is 0. The Balaban J connectivity index is 2.59. The number of allylic oxidation sites excluding steroid dienone is 2. The second-order valence-corrected chi connectivity index (χ2v) is 3.17. The standard InChI is InChI=1S/C9H11NO4/c11-9(12)5-4-7-2-1-3-8(6-7)10(13)14/h2,4-5,8H,1,3,6H2,(H,11,12)/b5-4-/t8-/m1/s1. The highest BCUT2D eigenvalue weighted by atomic mass is 16.6. The van der Waals surface area contributed by atoms with E-state index in [0.29, 0.717) is 19.3 Å². The Morgan fingerprint density at radius 3 is 3.00 bits per heavy atom. The van der Waals surface area contributed by atoms with Gasteiger partial charge in [-0.15, -0.1) is 0 Å². The molecule has 0 aromatic carbocycles. The highest BCUT2D eigenvalue weighted by Gasteiger charge is 2.23. The molecule has 0 unspecified atom stereocenters. The molecule has 1 N–H and O–H groups in total. The van der Waals surface area contributed by atoms with Crippen molar-refractivity contribution in [1.82, 2.24) is 0 Å². The zero-order chi connectivity index (χ0) is 10.6. The number of hydrogen-bond donors (Lipinski definition) is 1. The van der Waals surface area contributed by atoms with Crippen LogP contribution in [0.2, 0.25) is 0 Å². The molecule has 1 aliphatic rings. The van der Waals surface area contributed by atoms with E-state index in [9.17, 15) is 14.9 Å². The molecule has 0 heterocycles. The minimum atomic E-state index is -1.03. The van der Waals surface area contributed by atoms with Crippen LogP contribution in [0.4, 0.5) is 0 Å². The van der Waals surface area contributed by atoms with E-state index in [1.807, 2.05) is 6.08 Å². The molecule has 76 valence electrons. The lowest BCUT2D eigenvalue weighted by atomic mass is 9.95. The van der Waals surface area contributed by atoms with Gasteiger partial charge < -0.3 is 5.11 Å². The van der Waals surface area contributed by atoms with Crippen molar-refractivity contribution in [2.45, 2.75) is 25.3 Å². The molecule has 14 heavy (non-hydrogen) atoms. The number of rotatable bonds is 3. The van der Waals surface area contributed by atoms with Gasteiger partial charge in [-0.2, -0.15) is 0 Å². The summed E-state index contributed by atoms with van der Waals surface area (Å²) in [6.07, 6.45) is 5.80. The van der Waals surface area contributed by atoms with Gasteiger partial charge in [-0.1, -0.05) is 12.2 Å². The second-order valence-electron chi connectivity index (χ2n) is 3.17. The fraction of sp³-hybridized carbons (Fsp3) is 0.444. The van der Waals surface area contributed by atoms with Gasteiger partial charge in [0.1, 0.15) is 0 Å². The van der Waals surface area contributed by atoms with Crippen LogP contribution in [-0.4, -0.2) is 22.0 Å². The zero-order valence-corrected chi connectivity index (χ0v) is 7.55. The van der Waals surface area contributed by atoms with Crippen LogP contribution >= 0.6 is 0 Å². The Kier molecular flexibility index (Phi) is 3.39. The van der Waals surface area contributed by atoms with Crippen molar-refractivity contribution < 1.29 is 14.8 Å². The topological polar surface area (TPSA) is 80.4 Å². The van der Waals surface area contributed by atoms with Gasteiger partial charge in [0.2, 0.25) is 6.04 Å². The Hall–Kier alpha value is -1.65. The molecule has 1 aliphatic carbocycles. The normalized spacial score (nSPS) is 22.0. The van der Waals surface area contributed by atoms with Crippen LogP contribution in [-0.2, 0) is 4.79 Å². The Labute approximate surface area is 80.9 Å². The molecule has 0 aromatic rings. The van der Waals surface area contributed by atoms with Crippen molar-refractivity contribution in [3.63, 3.8) is 0 Å². The molecule has 0 saturated carbocycles. The number of nitro groups is 1.